The van der Waals surface area contributed by atoms with Crippen molar-refractivity contribution in [2.75, 3.05) is 6.61 Å². The number of fused-ring (bicyclic) bond motifs is 3. The van der Waals surface area contributed by atoms with Gasteiger partial charge >= 0.3 is 12.1 Å². The molecule has 2 aromatic carbocycles. The molecule has 0 aromatic heterocycles. The van der Waals surface area contributed by atoms with Crippen LogP contribution in [0, 0.1) is 0 Å². The summed E-state index contributed by atoms with van der Waals surface area (Å²) in [5, 5.41) is 14.7. The summed E-state index contributed by atoms with van der Waals surface area (Å²) in [4.78, 5) is 36.1. The molecule has 2 aromatic rings. The van der Waals surface area contributed by atoms with E-state index in [2.05, 4.69) is 34.9 Å². The van der Waals surface area contributed by atoms with Crippen molar-refractivity contribution in [3.05, 3.63) is 59.7 Å². The Balaban J connectivity index is 1.53. The summed E-state index contributed by atoms with van der Waals surface area (Å²) in [5.74, 6) is -1.24. The Morgan fingerprint density at radius 3 is 2.09 bits per heavy atom. The highest BCUT2D eigenvalue weighted by molar-refractivity contribution is 5.80. The SMILES string of the molecule is CCCC[C@H](CC(=O)O)NC(=O)C[C@@H](CC)NC(=O)OCC1c2ccccc2-c2ccccc21. The van der Waals surface area contributed by atoms with E-state index in [1.165, 1.54) is 0 Å². The Hall–Kier alpha value is -3.35. The standard InChI is InChI=1S/C27H34N2O5/c1-3-5-10-19(16-26(31)32)28-25(30)15-18(4-2)29-27(33)34-17-24-22-13-8-6-11-20(22)21-12-7-9-14-23(21)24/h6-9,11-14,18-19,24H,3-5,10,15-17H2,1-2H3,(H,28,30)(H,29,33)(H,31,32)/t18-,19-/m1/s1. The van der Waals surface area contributed by atoms with Gasteiger partial charge in [0.25, 0.3) is 0 Å². The number of ether oxygens (including phenoxy) is 1. The van der Waals surface area contributed by atoms with Gasteiger partial charge in [-0.25, -0.2) is 4.79 Å². The van der Waals surface area contributed by atoms with Crippen LogP contribution >= 0.6 is 0 Å². The van der Waals surface area contributed by atoms with Crippen LogP contribution in [0.15, 0.2) is 48.5 Å². The Morgan fingerprint density at radius 2 is 1.53 bits per heavy atom. The molecule has 0 saturated heterocycles. The van der Waals surface area contributed by atoms with Crippen molar-refractivity contribution in [3.63, 3.8) is 0 Å². The van der Waals surface area contributed by atoms with Crippen molar-refractivity contribution < 1.29 is 24.2 Å². The van der Waals surface area contributed by atoms with Crippen LogP contribution in [0.5, 0.6) is 0 Å². The first-order valence-corrected chi connectivity index (χ1v) is 12.1. The fourth-order valence-electron chi connectivity index (χ4n) is 4.50. The Labute approximate surface area is 200 Å². The maximum absolute atomic E-state index is 12.5. The second kappa shape index (κ2) is 12.2. The Bertz CT molecular complexity index is 961. The molecule has 0 fully saturated rings. The number of carboxylic acids is 1. The second-order valence-corrected chi connectivity index (χ2v) is 8.78. The van der Waals surface area contributed by atoms with E-state index in [0.29, 0.717) is 12.8 Å². The quantitative estimate of drug-likeness (QED) is 0.415. The van der Waals surface area contributed by atoms with Gasteiger partial charge in [0.15, 0.2) is 0 Å². The average Bonchev–Trinajstić information content (AvgIpc) is 3.14. The van der Waals surface area contributed by atoms with E-state index in [4.69, 9.17) is 9.84 Å². The molecule has 3 N–H and O–H groups in total. The van der Waals surface area contributed by atoms with Gasteiger partial charge in [0.05, 0.1) is 6.42 Å². The third-order valence-corrected chi connectivity index (χ3v) is 6.28. The van der Waals surface area contributed by atoms with E-state index in [1.54, 1.807) is 0 Å². The molecule has 2 atom stereocenters. The lowest BCUT2D eigenvalue weighted by molar-refractivity contribution is -0.137. The lowest BCUT2D eigenvalue weighted by atomic mass is 9.98. The van der Waals surface area contributed by atoms with Gasteiger partial charge in [-0.3, -0.25) is 9.59 Å². The Morgan fingerprint density at radius 1 is 0.912 bits per heavy atom. The van der Waals surface area contributed by atoms with E-state index in [0.717, 1.165) is 35.1 Å². The molecule has 7 heteroatoms. The maximum Gasteiger partial charge on any atom is 0.407 e. The van der Waals surface area contributed by atoms with E-state index in [-0.39, 0.29) is 31.3 Å². The zero-order chi connectivity index (χ0) is 24.5. The predicted molar refractivity (Wildman–Crippen MR) is 131 cm³/mol. The maximum atomic E-state index is 12.5. The van der Waals surface area contributed by atoms with E-state index in [9.17, 15) is 14.4 Å². The van der Waals surface area contributed by atoms with E-state index >= 15 is 0 Å². The number of benzene rings is 2. The van der Waals surface area contributed by atoms with Gasteiger partial charge in [-0.2, -0.15) is 0 Å². The van der Waals surface area contributed by atoms with Gasteiger partial charge < -0.3 is 20.5 Å². The molecule has 0 heterocycles. The van der Waals surface area contributed by atoms with Gasteiger partial charge in [-0.15, -0.1) is 0 Å². The minimum atomic E-state index is -0.940. The second-order valence-electron chi connectivity index (χ2n) is 8.78. The van der Waals surface area contributed by atoms with Crippen LogP contribution < -0.4 is 10.6 Å². The topological polar surface area (TPSA) is 105 Å². The van der Waals surface area contributed by atoms with Crippen LogP contribution in [0.3, 0.4) is 0 Å². The van der Waals surface area contributed by atoms with Crippen molar-refractivity contribution in [3.8, 4) is 11.1 Å². The molecule has 182 valence electrons. The zero-order valence-corrected chi connectivity index (χ0v) is 19.9. The monoisotopic (exact) mass is 466 g/mol. The molecule has 0 saturated carbocycles. The van der Waals surface area contributed by atoms with Gasteiger partial charge in [-0.05, 0) is 35.1 Å². The van der Waals surface area contributed by atoms with Crippen molar-refractivity contribution >= 4 is 18.0 Å². The van der Waals surface area contributed by atoms with Crippen LogP contribution in [-0.2, 0) is 14.3 Å². The smallest absolute Gasteiger partial charge is 0.407 e. The fraction of sp³-hybridized carbons (Fsp3) is 0.444. The molecule has 0 radical (unpaired) electrons. The Kier molecular flexibility index (Phi) is 9.08. The number of amides is 2. The third kappa shape index (κ3) is 6.59. The first-order chi connectivity index (χ1) is 16.4. The number of alkyl carbamates (subject to hydrolysis) is 1. The summed E-state index contributed by atoms with van der Waals surface area (Å²) in [7, 11) is 0. The van der Waals surface area contributed by atoms with Crippen molar-refractivity contribution in [1.82, 2.24) is 10.6 Å². The number of hydrogen-bond donors (Lipinski definition) is 3. The molecule has 0 spiro atoms. The molecule has 2 amide bonds. The molecular weight excluding hydrogens is 432 g/mol. The number of carbonyl (C=O) groups excluding carboxylic acids is 2. The summed E-state index contributed by atoms with van der Waals surface area (Å²) in [5.41, 5.74) is 4.60. The summed E-state index contributed by atoms with van der Waals surface area (Å²) >= 11 is 0. The summed E-state index contributed by atoms with van der Waals surface area (Å²) in [6, 6.07) is 15.5. The fourth-order valence-corrected chi connectivity index (χ4v) is 4.50. The molecule has 34 heavy (non-hydrogen) atoms. The average molecular weight is 467 g/mol. The number of unbranched alkanes of at least 4 members (excludes halogenated alkanes) is 1. The number of nitrogens with one attached hydrogen (secondary N) is 2. The number of carboxylic acid groups (broad SMARTS) is 1. The first-order valence-electron chi connectivity index (χ1n) is 12.1. The van der Waals surface area contributed by atoms with Gasteiger partial charge in [0.1, 0.15) is 6.61 Å². The zero-order valence-electron chi connectivity index (χ0n) is 19.9. The highest BCUT2D eigenvalue weighted by Gasteiger charge is 2.29. The summed E-state index contributed by atoms with van der Waals surface area (Å²) in [6.07, 6.45) is 2.34. The summed E-state index contributed by atoms with van der Waals surface area (Å²) in [6.45, 7) is 4.11. The number of aliphatic carboxylic acids is 1. The van der Waals surface area contributed by atoms with Crippen LogP contribution in [0.2, 0.25) is 0 Å². The molecule has 3 rings (SSSR count). The summed E-state index contributed by atoms with van der Waals surface area (Å²) < 4.78 is 5.58. The van der Waals surface area contributed by atoms with Gasteiger partial charge in [-0.1, -0.05) is 75.2 Å². The molecule has 0 unspecified atom stereocenters. The number of rotatable bonds is 12. The minimum Gasteiger partial charge on any atom is -0.481 e. The van der Waals surface area contributed by atoms with E-state index < -0.39 is 24.1 Å². The van der Waals surface area contributed by atoms with Crippen molar-refractivity contribution in [2.24, 2.45) is 0 Å². The van der Waals surface area contributed by atoms with E-state index in [1.807, 2.05) is 38.1 Å². The molecule has 7 nitrogen and oxygen atoms in total. The normalized spacial score (nSPS) is 13.9. The number of hydrogen-bond acceptors (Lipinski definition) is 4. The third-order valence-electron chi connectivity index (χ3n) is 6.28. The van der Waals surface area contributed by atoms with Crippen molar-refractivity contribution in [1.29, 1.82) is 0 Å². The van der Waals surface area contributed by atoms with Crippen molar-refractivity contribution in [2.45, 2.75) is 70.4 Å². The van der Waals surface area contributed by atoms with Gasteiger partial charge in [0.2, 0.25) is 5.91 Å². The van der Waals surface area contributed by atoms with Crippen LogP contribution in [0.4, 0.5) is 4.79 Å². The molecule has 1 aliphatic rings. The van der Waals surface area contributed by atoms with Crippen LogP contribution in [-0.4, -0.2) is 41.8 Å². The molecular formula is C27H34N2O5. The lowest BCUT2D eigenvalue weighted by Crippen LogP contribution is -2.42. The molecule has 0 bridgehead atoms. The van der Waals surface area contributed by atoms with Crippen LogP contribution in [0.25, 0.3) is 11.1 Å². The molecule has 1 aliphatic carbocycles. The lowest BCUT2D eigenvalue weighted by Gasteiger charge is -2.21. The highest BCUT2D eigenvalue weighted by atomic mass is 16.5. The first kappa shape index (κ1) is 25.3. The number of carbonyl (C=O) groups is 3. The molecule has 0 aliphatic heterocycles. The highest BCUT2D eigenvalue weighted by Crippen LogP contribution is 2.44. The predicted octanol–water partition coefficient (Wildman–Crippen LogP) is 4.84. The largest absolute Gasteiger partial charge is 0.481 e. The van der Waals surface area contributed by atoms with Crippen LogP contribution in [0.1, 0.15) is 69.4 Å². The minimum absolute atomic E-state index is 0.0307. The van der Waals surface area contributed by atoms with Gasteiger partial charge in [0, 0.05) is 24.4 Å².